The summed E-state index contributed by atoms with van der Waals surface area (Å²) in [6, 6.07) is 8.01. The smallest absolute Gasteiger partial charge is 0.270 e. The van der Waals surface area contributed by atoms with Crippen molar-refractivity contribution in [1.29, 1.82) is 0 Å². The standard InChI is InChI=1S/C15H15N7O2S/c1-3-12-19-20-15(21(12)16)25-13-7-9(2)17-14(18-13)10-5-4-6-11(8-10)22(23)24/h4-8H,3,16H2,1-2H3. The lowest BCUT2D eigenvalue weighted by atomic mass is 10.2. The molecule has 1 aromatic carbocycles. The number of nitrogens with two attached hydrogens (primary N) is 1. The van der Waals surface area contributed by atoms with Gasteiger partial charge in [0.25, 0.3) is 5.69 Å². The van der Waals surface area contributed by atoms with Crippen molar-refractivity contribution in [2.75, 3.05) is 5.84 Å². The molecular formula is C15H15N7O2S. The lowest BCUT2D eigenvalue weighted by molar-refractivity contribution is -0.384. The molecule has 0 aliphatic rings. The van der Waals surface area contributed by atoms with E-state index in [1.807, 2.05) is 13.8 Å². The Morgan fingerprint density at radius 2 is 2.08 bits per heavy atom. The minimum absolute atomic E-state index is 0.00824. The molecule has 3 rings (SSSR count). The number of nitrogens with zero attached hydrogens (tertiary/aromatic N) is 6. The molecule has 0 fully saturated rings. The van der Waals surface area contributed by atoms with Gasteiger partial charge >= 0.3 is 0 Å². The van der Waals surface area contributed by atoms with Crippen LogP contribution in [0.1, 0.15) is 18.4 Å². The molecule has 2 aromatic heterocycles. The lowest BCUT2D eigenvalue weighted by Gasteiger charge is -2.06. The fourth-order valence-electron chi connectivity index (χ4n) is 2.19. The third-order valence-corrected chi connectivity index (χ3v) is 4.27. The molecule has 0 atom stereocenters. The Morgan fingerprint density at radius 1 is 1.28 bits per heavy atom. The molecule has 0 spiro atoms. The van der Waals surface area contributed by atoms with E-state index in [0.29, 0.717) is 33.8 Å². The van der Waals surface area contributed by atoms with Gasteiger partial charge in [-0.15, -0.1) is 10.2 Å². The second-order valence-electron chi connectivity index (χ2n) is 5.20. The molecule has 3 aromatic rings. The van der Waals surface area contributed by atoms with Gasteiger partial charge in [0, 0.05) is 29.8 Å². The van der Waals surface area contributed by atoms with E-state index in [0.717, 1.165) is 5.69 Å². The second kappa shape index (κ2) is 6.85. The number of nitrogen functional groups attached to an aromatic ring is 1. The number of non-ortho nitro benzene ring substituents is 1. The maximum atomic E-state index is 11.0. The van der Waals surface area contributed by atoms with Crippen molar-refractivity contribution in [2.45, 2.75) is 30.5 Å². The normalized spacial score (nSPS) is 10.8. The van der Waals surface area contributed by atoms with Crippen molar-refractivity contribution in [2.24, 2.45) is 0 Å². The summed E-state index contributed by atoms with van der Waals surface area (Å²) < 4.78 is 1.43. The fourth-order valence-corrected chi connectivity index (χ4v) is 3.03. The third kappa shape index (κ3) is 3.58. The van der Waals surface area contributed by atoms with Crippen LogP contribution in [0.3, 0.4) is 0 Å². The Hall–Kier alpha value is -3.01. The van der Waals surface area contributed by atoms with Gasteiger partial charge in [-0.1, -0.05) is 19.1 Å². The van der Waals surface area contributed by atoms with Crippen molar-refractivity contribution in [1.82, 2.24) is 24.8 Å². The van der Waals surface area contributed by atoms with Crippen LogP contribution in [-0.4, -0.2) is 29.8 Å². The Morgan fingerprint density at radius 3 is 2.76 bits per heavy atom. The highest BCUT2D eigenvalue weighted by atomic mass is 32.2. The van der Waals surface area contributed by atoms with Crippen molar-refractivity contribution in [3.05, 3.63) is 52.0 Å². The van der Waals surface area contributed by atoms with Crippen LogP contribution in [0.2, 0.25) is 0 Å². The van der Waals surface area contributed by atoms with Crippen LogP contribution in [0.25, 0.3) is 11.4 Å². The number of hydrogen-bond acceptors (Lipinski definition) is 8. The predicted octanol–water partition coefficient (Wildman–Crippen LogP) is 2.38. The number of hydrogen-bond donors (Lipinski definition) is 1. The summed E-state index contributed by atoms with van der Waals surface area (Å²) in [5, 5.41) is 20.2. The van der Waals surface area contributed by atoms with E-state index in [9.17, 15) is 10.1 Å². The first-order chi connectivity index (χ1) is 12.0. The van der Waals surface area contributed by atoms with Crippen LogP contribution in [0.5, 0.6) is 0 Å². The lowest BCUT2D eigenvalue weighted by Crippen LogP contribution is -2.13. The van der Waals surface area contributed by atoms with Crippen LogP contribution < -0.4 is 5.84 Å². The largest absolute Gasteiger partial charge is 0.336 e. The van der Waals surface area contributed by atoms with E-state index in [2.05, 4.69) is 20.2 Å². The highest BCUT2D eigenvalue weighted by molar-refractivity contribution is 7.99. The van der Waals surface area contributed by atoms with Crippen molar-refractivity contribution >= 4 is 17.4 Å². The first-order valence-corrected chi connectivity index (χ1v) is 8.27. The quantitative estimate of drug-likeness (QED) is 0.319. The number of nitro benzene ring substituents is 1. The highest BCUT2D eigenvalue weighted by Crippen LogP contribution is 2.27. The molecule has 10 heteroatoms. The van der Waals surface area contributed by atoms with E-state index in [-0.39, 0.29) is 5.69 Å². The summed E-state index contributed by atoms with van der Waals surface area (Å²) >= 11 is 1.26. The monoisotopic (exact) mass is 357 g/mol. The van der Waals surface area contributed by atoms with Gasteiger partial charge in [0.1, 0.15) is 5.03 Å². The first-order valence-electron chi connectivity index (χ1n) is 7.45. The van der Waals surface area contributed by atoms with E-state index in [4.69, 9.17) is 5.84 Å². The van der Waals surface area contributed by atoms with Gasteiger partial charge in [-0.25, -0.2) is 14.6 Å². The van der Waals surface area contributed by atoms with E-state index in [1.165, 1.54) is 28.6 Å². The Labute approximate surface area is 147 Å². The van der Waals surface area contributed by atoms with Crippen molar-refractivity contribution < 1.29 is 4.92 Å². The van der Waals surface area contributed by atoms with Crippen LogP contribution >= 0.6 is 11.8 Å². The summed E-state index contributed by atoms with van der Waals surface area (Å²) in [5.74, 6) is 7.04. The zero-order valence-corrected chi connectivity index (χ0v) is 14.4. The van der Waals surface area contributed by atoms with Crippen LogP contribution in [-0.2, 0) is 6.42 Å². The molecule has 0 radical (unpaired) electrons. The molecule has 0 aliphatic carbocycles. The molecule has 0 amide bonds. The molecule has 2 heterocycles. The Balaban J connectivity index is 1.96. The molecule has 0 aliphatic heterocycles. The topological polar surface area (TPSA) is 126 Å². The van der Waals surface area contributed by atoms with Crippen molar-refractivity contribution in [3.8, 4) is 11.4 Å². The molecule has 128 valence electrons. The van der Waals surface area contributed by atoms with Crippen LogP contribution in [0, 0.1) is 17.0 Å². The molecule has 0 bridgehead atoms. The average molecular weight is 357 g/mol. The van der Waals surface area contributed by atoms with Crippen LogP contribution in [0.4, 0.5) is 5.69 Å². The zero-order valence-electron chi connectivity index (χ0n) is 13.6. The fraction of sp³-hybridized carbons (Fsp3) is 0.200. The van der Waals surface area contributed by atoms with Crippen molar-refractivity contribution in [3.63, 3.8) is 0 Å². The average Bonchev–Trinajstić information content (AvgIpc) is 2.94. The Kier molecular flexibility index (Phi) is 4.61. The molecule has 0 saturated carbocycles. The van der Waals surface area contributed by atoms with Gasteiger partial charge in [-0.3, -0.25) is 10.1 Å². The maximum absolute atomic E-state index is 11.0. The summed E-state index contributed by atoms with van der Waals surface area (Å²) in [6.45, 7) is 3.77. The number of aryl methyl sites for hydroxylation is 2. The SMILES string of the molecule is CCc1nnc(Sc2cc(C)nc(-c3cccc([N+](=O)[O-])c3)n2)n1N. The minimum Gasteiger partial charge on any atom is -0.336 e. The third-order valence-electron chi connectivity index (χ3n) is 3.39. The molecule has 0 saturated heterocycles. The number of aromatic nitrogens is 5. The van der Waals surface area contributed by atoms with E-state index >= 15 is 0 Å². The second-order valence-corrected chi connectivity index (χ2v) is 6.19. The first kappa shape index (κ1) is 16.8. The molecule has 25 heavy (non-hydrogen) atoms. The zero-order chi connectivity index (χ0) is 18.0. The molecular weight excluding hydrogens is 342 g/mol. The predicted molar refractivity (Wildman–Crippen MR) is 92.5 cm³/mol. The van der Waals surface area contributed by atoms with E-state index in [1.54, 1.807) is 18.2 Å². The number of benzene rings is 1. The van der Waals surface area contributed by atoms with Gasteiger partial charge in [0.2, 0.25) is 5.16 Å². The molecule has 9 nitrogen and oxygen atoms in total. The summed E-state index contributed by atoms with van der Waals surface area (Å²) in [4.78, 5) is 19.3. The molecule has 2 N–H and O–H groups in total. The van der Waals surface area contributed by atoms with Gasteiger partial charge < -0.3 is 5.84 Å². The summed E-state index contributed by atoms with van der Waals surface area (Å²) in [7, 11) is 0. The van der Waals surface area contributed by atoms with Gasteiger partial charge in [0.15, 0.2) is 11.6 Å². The number of nitro groups is 1. The van der Waals surface area contributed by atoms with Crippen LogP contribution in [0.15, 0.2) is 40.5 Å². The highest BCUT2D eigenvalue weighted by Gasteiger charge is 2.14. The summed E-state index contributed by atoms with van der Waals surface area (Å²) in [5.41, 5.74) is 1.30. The summed E-state index contributed by atoms with van der Waals surface area (Å²) in [6.07, 6.45) is 0.672. The van der Waals surface area contributed by atoms with E-state index < -0.39 is 4.92 Å². The Bertz CT molecular complexity index is 941. The molecule has 0 unspecified atom stereocenters. The minimum atomic E-state index is -0.446. The van der Waals surface area contributed by atoms with Gasteiger partial charge in [0.05, 0.1) is 4.92 Å². The maximum Gasteiger partial charge on any atom is 0.270 e. The number of rotatable bonds is 5. The van der Waals surface area contributed by atoms with Gasteiger partial charge in [-0.05, 0) is 24.8 Å². The van der Waals surface area contributed by atoms with Gasteiger partial charge in [-0.2, -0.15) is 0 Å².